The molecule has 0 unspecified atom stereocenters. The van der Waals surface area contributed by atoms with Gasteiger partial charge in [-0.3, -0.25) is 9.59 Å². The van der Waals surface area contributed by atoms with E-state index in [0.29, 0.717) is 28.5 Å². The number of ether oxygens (including phenoxy) is 3. The highest BCUT2D eigenvalue weighted by Crippen LogP contribution is 2.34. The summed E-state index contributed by atoms with van der Waals surface area (Å²) in [6.45, 7) is -0.0203. The third-order valence-electron chi connectivity index (χ3n) is 3.81. The summed E-state index contributed by atoms with van der Waals surface area (Å²) in [5, 5.41) is 2.69. The highest BCUT2D eigenvalue weighted by molar-refractivity contribution is 9.10. The van der Waals surface area contributed by atoms with Crippen molar-refractivity contribution < 1.29 is 23.8 Å². The van der Waals surface area contributed by atoms with Crippen molar-refractivity contribution in [3.05, 3.63) is 52.0 Å². The Kier molecular flexibility index (Phi) is 5.27. The second-order valence-corrected chi connectivity index (χ2v) is 6.33. The lowest BCUT2D eigenvalue weighted by Gasteiger charge is -2.18. The van der Waals surface area contributed by atoms with Crippen LogP contribution in [0.4, 0.5) is 5.69 Å². The Morgan fingerprint density at radius 2 is 1.92 bits per heavy atom. The Labute approximate surface area is 158 Å². The number of ketones is 1. The van der Waals surface area contributed by atoms with Gasteiger partial charge in [-0.2, -0.15) is 0 Å². The lowest BCUT2D eigenvalue weighted by molar-refractivity contribution is -0.118. The first kappa shape index (κ1) is 18.0. The first-order valence-corrected chi connectivity index (χ1v) is 8.51. The molecule has 1 N–H and O–H groups in total. The second kappa shape index (κ2) is 7.61. The van der Waals surface area contributed by atoms with Crippen molar-refractivity contribution in [2.45, 2.75) is 0 Å². The molecule has 1 aliphatic rings. The van der Waals surface area contributed by atoms with Crippen LogP contribution in [0.3, 0.4) is 0 Å². The predicted molar refractivity (Wildman–Crippen MR) is 101 cm³/mol. The number of anilines is 1. The van der Waals surface area contributed by atoms with Gasteiger partial charge in [0.25, 0.3) is 5.91 Å². The number of nitrogens with one attached hydrogen (secondary N) is 1. The van der Waals surface area contributed by atoms with Gasteiger partial charge in [0.15, 0.2) is 23.9 Å². The van der Waals surface area contributed by atoms with Gasteiger partial charge >= 0.3 is 0 Å². The Hall–Kier alpha value is -2.80. The number of carbonyl (C=O) groups excluding carboxylic acids is 2. The second-order valence-electron chi connectivity index (χ2n) is 5.47. The zero-order chi connectivity index (χ0) is 18.7. The van der Waals surface area contributed by atoms with E-state index in [1.54, 1.807) is 50.6 Å². The SMILES string of the molecule is COc1cc(Br)c(/C=C/C(=O)c2ccc3c(c2)NC(=O)CO3)cc1OC. The van der Waals surface area contributed by atoms with E-state index >= 15 is 0 Å². The van der Waals surface area contributed by atoms with E-state index < -0.39 is 0 Å². The first-order valence-electron chi connectivity index (χ1n) is 7.72. The molecule has 0 radical (unpaired) electrons. The van der Waals surface area contributed by atoms with Crippen molar-refractivity contribution in [2.24, 2.45) is 0 Å². The van der Waals surface area contributed by atoms with Crippen LogP contribution in [0, 0.1) is 0 Å². The van der Waals surface area contributed by atoms with Gasteiger partial charge in [0, 0.05) is 10.0 Å². The summed E-state index contributed by atoms with van der Waals surface area (Å²) in [4.78, 5) is 23.9. The van der Waals surface area contributed by atoms with Gasteiger partial charge in [-0.25, -0.2) is 0 Å². The molecule has 0 saturated heterocycles. The summed E-state index contributed by atoms with van der Waals surface area (Å²) >= 11 is 3.45. The molecule has 0 bridgehead atoms. The maximum Gasteiger partial charge on any atom is 0.262 e. The number of fused-ring (bicyclic) bond motifs is 1. The van der Waals surface area contributed by atoms with E-state index in [0.717, 1.165) is 10.0 Å². The van der Waals surface area contributed by atoms with Crippen molar-refractivity contribution in [3.63, 3.8) is 0 Å². The van der Waals surface area contributed by atoms with Crippen LogP contribution in [0.5, 0.6) is 17.2 Å². The molecule has 3 rings (SSSR count). The Morgan fingerprint density at radius 3 is 2.65 bits per heavy atom. The molecule has 134 valence electrons. The van der Waals surface area contributed by atoms with E-state index in [9.17, 15) is 9.59 Å². The van der Waals surface area contributed by atoms with Crippen LogP contribution in [0.1, 0.15) is 15.9 Å². The van der Waals surface area contributed by atoms with Crippen molar-refractivity contribution in [1.29, 1.82) is 0 Å². The summed E-state index contributed by atoms with van der Waals surface area (Å²) in [5.41, 5.74) is 1.71. The summed E-state index contributed by atoms with van der Waals surface area (Å²) < 4.78 is 16.6. The minimum absolute atomic E-state index is 0.0203. The molecule has 0 aromatic heterocycles. The third kappa shape index (κ3) is 3.72. The smallest absolute Gasteiger partial charge is 0.262 e. The molecule has 26 heavy (non-hydrogen) atoms. The van der Waals surface area contributed by atoms with Crippen LogP contribution in [0.25, 0.3) is 6.08 Å². The standard InChI is InChI=1S/C19H16BrNO5/c1-24-17-8-11(13(20)9-18(17)25-2)3-5-15(22)12-4-6-16-14(7-12)21-19(23)10-26-16/h3-9H,10H2,1-2H3,(H,21,23)/b5-3+. The molecule has 1 heterocycles. The largest absolute Gasteiger partial charge is 0.493 e. The minimum Gasteiger partial charge on any atom is -0.493 e. The molecule has 0 saturated carbocycles. The number of methoxy groups -OCH3 is 2. The van der Waals surface area contributed by atoms with Crippen LogP contribution in [-0.2, 0) is 4.79 Å². The molecule has 0 atom stereocenters. The topological polar surface area (TPSA) is 73.9 Å². The van der Waals surface area contributed by atoms with Gasteiger partial charge in [0.1, 0.15) is 5.75 Å². The zero-order valence-electron chi connectivity index (χ0n) is 14.2. The van der Waals surface area contributed by atoms with Gasteiger partial charge in [-0.1, -0.05) is 15.9 Å². The van der Waals surface area contributed by atoms with E-state index in [4.69, 9.17) is 14.2 Å². The number of hydrogen-bond acceptors (Lipinski definition) is 5. The number of carbonyl (C=O) groups is 2. The fourth-order valence-electron chi connectivity index (χ4n) is 2.50. The number of allylic oxidation sites excluding steroid dienone is 1. The molecular weight excluding hydrogens is 402 g/mol. The fourth-order valence-corrected chi connectivity index (χ4v) is 2.95. The molecule has 7 heteroatoms. The van der Waals surface area contributed by atoms with Gasteiger partial charge in [0.05, 0.1) is 19.9 Å². The quantitative estimate of drug-likeness (QED) is 0.592. The third-order valence-corrected chi connectivity index (χ3v) is 4.50. The monoisotopic (exact) mass is 417 g/mol. The average molecular weight is 418 g/mol. The lowest BCUT2D eigenvalue weighted by atomic mass is 10.1. The Bertz CT molecular complexity index is 907. The Morgan fingerprint density at radius 1 is 1.19 bits per heavy atom. The average Bonchev–Trinajstić information content (AvgIpc) is 2.65. The van der Waals surface area contributed by atoms with Gasteiger partial charge in [0.2, 0.25) is 0 Å². The van der Waals surface area contributed by atoms with Crippen LogP contribution in [-0.4, -0.2) is 32.5 Å². The number of benzene rings is 2. The molecule has 1 amide bonds. The number of rotatable bonds is 5. The molecule has 1 aliphatic heterocycles. The molecular formula is C19H16BrNO5. The van der Waals surface area contributed by atoms with E-state index in [1.807, 2.05) is 0 Å². The maximum absolute atomic E-state index is 12.5. The lowest BCUT2D eigenvalue weighted by Crippen LogP contribution is -2.25. The highest BCUT2D eigenvalue weighted by Gasteiger charge is 2.17. The normalized spacial score (nSPS) is 13.0. The first-order chi connectivity index (χ1) is 12.5. The van der Waals surface area contributed by atoms with Crippen molar-refractivity contribution in [3.8, 4) is 17.2 Å². The molecule has 6 nitrogen and oxygen atoms in total. The summed E-state index contributed by atoms with van der Waals surface area (Å²) in [7, 11) is 3.11. The zero-order valence-corrected chi connectivity index (χ0v) is 15.8. The number of halogens is 1. The summed E-state index contributed by atoms with van der Waals surface area (Å²) in [6.07, 6.45) is 3.14. The molecule has 0 spiro atoms. The summed E-state index contributed by atoms with van der Waals surface area (Å²) in [6, 6.07) is 8.47. The number of amides is 1. The predicted octanol–water partition coefficient (Wildman–Crippen LogP) is 3.69. The molecule has 0 fully saturated rings. The van der Waals surface area contributed by atoms with Crippen LogP contribution < -0.4 is 19.5 Å². The van der Waals surface area contributed by atoms with Crippen LogP contribution >= 0.6 is 15.9 Å². The van der Waals surface area contributed by atoms with Crippen molar-refractivity contribution in [1.82, 2.24) is 0 Å². The fraction of sp³-hybridized carbons (Fsp3) is 0.158. The molecule has 0 aliphatic carbocycles. The van der Waals surface area contributed by atoms with Gasteiger partial charge in [-0.05, 0) is 48.0 Å². The van der Waals surface area contributed by atoms with Crippen LogP contribution in [0.2, 0.25) is 0 Å². The van der Waals surface area contributed by atoms with Crippen molar-refractivity contribution in [2.75, 3.05) is 26.1 Å². The van der Waals surface area contributed by atoms with E-state index in [1.165, 1.54) is 6.08 Å². The molecule has 2 aromatic carbocycles. The number of hydrogen-bond donors (Lipinski definition) is 1. The van der Waals surface area contributed by atoms with E-state index in [2.05, 4.69) is 21.2 Å². The van der Waals surface area contributed by atoms with E-state index in [-0.39, 0.29) is 18.3 Å². The van der Waals surface area contributed by atoms with Gasteiger partial charge < -0.3 is 19.5 Å². The van der Waals surface area contributed by atoms with Crippen LogP contribution in [0.15, 0.2) is 40.9 Å². The van der Waals surface area contributed by atoms with Crippen molar-refractivity contribution >= 4 is 39.4 Å². The Balaban J connectivity index is 1.84. The van der Waals surface area contributed by atoms with Gasteiger partial charge in [-0.15, -0.1) is 0 Å². The minimum atomic E-state index is -0.244. The molecule has 2 aromatic rings. The highest BCUT2D eigenvalue weighted by atomic mass is 79.9. The summed E-state index contributed by atoms with van der Waals surface area (Å²) in [5.74, 6) is 1.26. The maximum atomic E-state index is 12.5.